The minimum absolute atomic E-state index is 0.237. The summed E-state index contributed by atoms with van der Waals surface area (Å²) < 4.78 is 3.53. The highest BCUT2D eigenvalue weighted by molar-refractivity contribution is 5.87. The highest BCUT2D eigenvalue weighted by Gasteiger charge is 2.09. The molecule has 0 aliphatic heterocycles. The number of hydrogen-bond donors (Lipinski definition) is 1. The summed E-state index contributed by atoms with van der Waals surface area (Å²) in [7, 11) is 0. The first-order valence-corrected chi connectivity index (χ1v) is 5.92. The Morgan fingerprint density at radius 1 is 1.32 bits per heavy atom. The van der Waals surface area contributed by atoms with Gasteiger partial charge in [0.1, 0.15) is 5.65 Å². The fourth-order valence-corrected chi connectivity index (χ4v) is 1.93. The van der Waals surface area contributed by atoms with E-state index in [0.29, 0.717) is 5.65 Å². The molecule has 19 heavy (non-hydrogen) atoms. The normalized spacial score (nSPS) is 11.0. The van der Waals surface area contributed by atoms with Gasteiger partial charge in [0, 0.05) is 30.7 Å². The first-order valence-electron chi connectivity index (χ1n) is 5.92. The molecule has 0 atom stereocenters. The number of carboxylic acids is 1. The SMILES string of the molecule is CCn1cc(-c2cn3cc(C(=O)O)ccc3n2)cn1. The summed E-state index contributed by atoms with van der Waals surface area (Å²) in [6.45, 7) is 2.82. The molecule has 0 aliphatic rings. The van der Waals surface area contributed by atoms with Gasteiger partial charge in [-0.2, -0.15) is 5.10 Å². The molecule has 0 saturated heterocycles. The van der Waals surface area contributed by atoms with Gasteiger partial charge in [-0.15, -0.1) is 0 Å². The van der Waals surface area contributed by atoms with E-state index in [9.17, 15) is 4.79 Å². The number of aromatic carboxylic acids is 1. The van der Waals surface area contributed by atoms with Crippen molar-refractivity contribution in [2.24, 2.45) is 0 Å². The van der Waals surface area contributed by atoms with Gasteiger partial charge in [0.2, 0.25) is 0 Å². The van der Waals surface area contributed by atoms with Crippen LogP contribution in [0.2, 0.25) is 0 Å². The topological polar surface area (TPSA) is 72.4 Å². The van der Waals surface area contributed by atoms with Crippen molar-refractivity contribution in [2.45, 2.75) is 13.5 Å². The number of pyridine rings is 1. The lowest BCUT2D eigenvalue weighted by Crippen LogP contribution is -1.97. The van der Waals surface area contributed by atoms with Gasteiger partial charge in [-0.3, -0.25) is 4.68 Å². The van der Waals surface area contributed by atoms with E-state index in [1.807, 2.05) is 17.8 Å². The Hall–Kier alpha value is -2.63. The molecule has 0 aliphatic carbocycles. The molecule has 0 amide bonds. The highest BCUT2D eigenvalue weighted by Crippen LogP contribution is 2.18. The third kappa shape index (κ3) is 1.97. The van der Waals surface area contributed by atoms with Crippen LogP contribution in [0.25, 0.3) is 16.9 Å². The minimum atomic E-state index is -0.948. The molecule has 96 valence electrons. The van der Waals surface area contributed by atoms with Crippen molar-refractivity contribution in [1.29, 1.82) is 0 Å². The number of nitrogens with zero attached hydrogens (tertiary/aromatic N) is 4. The van der Waals surface area contributed by atoms with E-state index in [1.165, 1.54) is 0 Å². The van der Waals surface area contributed by atoms with Gasteiger partial charge in [0.05, 0.1) is 17.5 Å². The van der Waals surface area contributed by atoms with Crippen LogP contribution in [-0.2, 0) is 6.54 Å². The lowest BCUT2D eigenvalue weighted by Gasteiger charge is -1.95. The lowest BCUT2D eigenvalue weighted by molar-refractivity contribution is 0.0696. The fraction of sp³-hybridized carbons (Fsp3) is 0.154. The fourth-order valence-electron chi connectivity index (χ4n) is 1.93. The number of fused-ring (bicyclic) bond motifs is 1. The third-order valence-corrected chi connectivity index (χ3v) is 2.95. The Morgan fingerprint density at radius 2 is 2.16 bits per heavy atom. The van der Waals surface area contributed by atoms with Gasteiger partial charge in [-0.1, -0.05) is 0 Å². The van der Waals surface area contributed by atoms with Gasteiger partial charge in [-0.05, 0) is 19.1 Å². The predicted octanol–water partition coefficient (Wildman–Crippen LogP) is 1.92. The maximum atomic E-state index is 10.9. The van der Waals surface area contributed by atoms with E-state index >= 15 is 0 Å². The Bertz CT molecular complexity index is 757. The van der Waals surface area contributed by atoms with E-state index in [-0.39, 0.29) is 5.56 Å². The number of aromatic nitrogens is 4. The van der Waals surface area contributed by atoms with Crippen molar-refractivity contribution in [3.05, 3.63) is 42.5 Å². The summed E-state index contributed by atoms with van der Waals surface area (Å²) in [5.41, 5.74) is 2.65. The van der Waals surface area contributed by atoms with Crippen molar-refractivity contribution in [2.75, 3.05) is 0 Å². The van der Waals surface area contributed by atoms with Crippen LogP contribution in [0, 0.1) is 0 Å². The maximum absolute atomic E-state index is 10.9. The number of rotatable bonds is 3. The molecular weight excluding hydrogens is 244 g/mol. The van der Waals surface area contributed by atoms with E-state index in [2.05, 4.69) is 10.1 Å². The van der Waals surface area contributed by atoms with Gasteiger partial charge >= 0.3 is 5.97 Å². The Labute approximate surface area is 108 Å². The summed E-state index contributed by atoms with van der Waals surface area (Å²) in [6.07, 6.45) is 7.03. The van der Waals surface area contributed by atoms with Crippen LogP contribution in [0.15, 0.2) is 36.9 Å². The summed E-state index contributed by atoms with van der Waals surface area (Å²) in [4.78, 5) is 15.4. The zero-order chi connectivity index (χ0) is 13.4. The average Bonchev–Trinajstić information content (AvgIpc) is 3.03. The van der Waals surface area contributed by atoms with Crippen molar-refractivity contribution >= 4 is 11.6 Å². The number of carboxylic acid groups (broad SMARTS) is 1. The highest BCUT2D eigenvalue weighted by atomic mass is 16.4. The second kappa shape index (κ2) is 4.24. The van der Waals surface area contributed by atoms with Crippen molar-refractivity contribution in [3.8, 4) is 11.3 Å². The van der Waals surface area contributed by atoms with E-state index in [4.69, 9.17) is 5.11 Å². The molecule has 0 aromatic carbocycles. The monoisotopic (exact) mass is 256 g/mol. The molecule has 6 heteroatoms. The Morgan fingerprint density at radius 3 is 2.84 bits per heavy atom. The van der Waals surface area contributed by atoms with Crippen molar-refractivity contribution < 1.29 is 9.90 Å². The lowest BCUT2D eigenvalue weighted by atomic mass is 10.3. The molecule has 0 bridgehead atoms. The van der Waals surface area contributed by atoms with Crippen molar-refractivity contribution in [1.82, 2.24) is 19.2 Å². The second-order valence-corrected chi connectivity index (χ2v) is 4.20. The number of imidazole rings is 1. The molecule has 1 N–H and O–H groups in total. The molecule has 0 unspecified atom stereocenters. The number of carbonyl (C=O) groups is 1. The molecule has 3 aromatic heterocycles. The molecule has 6 nitrogen and oxygen atoms in total. The minimum Gasteiger partial charge on any atom is -0.478 e. The van der Waals surface area contributed by atoms with Gasteiger partial charge < -0.3 is 9.51 Å². The van der Waals surface area contributed by atoms with E-state index in [0.717, 1.165) is 17.8 Å². The van der Waals surface area contributed by atoms with Gasteiger partial charge in [-0.25, -0.2) is 9.78 Å². The summed E-state index contributed by atoms with van der Waals surface area (Å²) >= 11 is 0. The van der Waals surface area contributed by atoms with Crippen molar-refractivity contribution in [3.63, 3.8) is 0 Å². The number of hydrogen-bond acceptors (Lipinski definition) is 3. The maximum Gasteiger partial charge on any atom is 0.337 e. The second-order valence-electron chi connectivity index (χ2n) is 4.20. The average molecular weight is 256 g/mol. The van der Waals surface area contributed by atoms with Crippen LogP contribution in [0.3, 0.4) is 0 Å². The smallest absolute Gasteiger partial charge is 0.337 e. The summed E-state index contributed by atoms with van der Waals surface area (Å²) in [6, 6.07) is 3.24. The van der Waals surface area contributed by atoms with E-state index in [1.54, 1.807) is 35.1 Å². The Balaban J connectivity index is 2.08. The van der Waals surface area contributed by atoms with Gasteiger partial charge in [0.25, 0.3) is 0 Å². The van der Waals surface area contributed by atoms with Crippen LogP contribution in [0.5, 0.6) is 0 Å². The van der Waals surface area contributed by atoms with Crippen LogP contribution in [0.1, 0.15) is 17.3 Å². The third-order valence-electron chi connectivity index (χ3n) is 2.95. The number of aryl methyl sites for hydroxylation is 1. The first kappa shape index (κ1) is 11.5. The standard InChI is InChI=1S/C13H12N4O2/c1-2-17-7-10(5-14-17)11-8-16-6-9(13(18)19)3-4-12(16)15-11/h3-8H,2H2,1H3,(H,18,19). The summed E-state index contributed by atoms with van der Waals surface area (Å²) in [5.74, 6) is -0.948. The zero-order valence-corrected chi connectivity index (χ0v) is 10.3. The Kier molecular flexibility index (Phi) is 2.56. The van der Waals surface area contributed by atoms with E-state index < -0.39 is 5.97 Å². The molecule has 0 saturated carbocycles. The molecule has 3 heterocycles. The molecule has 0 fully saturated rings. The molecule has 0 radical (unpaired) electrons. The van der Waals surface area contributed by atoms with Crippen LogP contribution >= 0.6 is 0 Å². The quantitative estimate of drug-likeness (QED) is 0.777. The largest absolute Gasteiger partial charge is 0.478 e. The summed E-state index contributed by atoms with van der Waals surface area (Å²) in [5, 5.41) is 13.2. The zero-order valence-electron chi connectivity index (χ0n) is 10.3. The predicted molar refractivity (Wildman–Crippen MR) is 69.0 cm³/mol. The molecule has 0 spiro atoms. The molecular formula is C13H12N4O2. The molecule has 3 aromatic rings. The molecule has 3 rings (SSSR count). The van der Waals surface area contributed by atoms with Gasteiger partial charge in [0.15, 0.2) is 0 Å². The van der Waals surface area contributed by atoms with Crippen LogP contribution in [-0.4, -0.2) is 30.2 Å². The van der Waals surface area contributed by atoms with Crippen LogP contribution in [0.4, 0.5) is 0 Å². The van der Waals surface area contributed by atoms with Crippen LogP contribution < -0.4 is 0 Å². The first-order chi connectivity index (χ1) is 9.17.